The second-order valence-electron chi connectivity index (χ2n) is 16.0. The van der Waals surface area contributed by atoms with Crippen molar-refractivity contribution in [2.45, 2.75) is 40.8 Å². The summed E-state index contributed by atoms with van der Waals surface area (Å²) in [6, 6.07) is 30.5. The highest BCUT2D eigenvalue weighted by atomic mass is 32.2. The molecular formula is C51H48F2N4O8S2. The number of Topliss-reactive ketones (excluding diaryl/α,β-unsaturated/α-hetero) is 2. The summed E-state index contributed by atoms with van der Waals surface area (Å²) >= 11 is 0. The summed E-state index contributed by atoms with van der Waals surface area (Å²) in [5.74, 6) is -3.43. The lowest BCUT2D eigenvalue weighted by Gasteiger charge is -2.13. The van der Waals surface area contributed by atoms with E-state index in [1.807, 2.05) is 44.2 Å². The summed E-state index contributed by atoms with van der Waals surface area (Å²) in [6.07, 6.45) is 3.06. The van der Waals surface area contributed by atoms with Gasteiger partial charge in [-0.1, -0.05) is 73.5 Å². The normalized spacial score (nSPS) is 11.7. The van der Waals surface area contributed by atoms with Crippen LogP contribution in [0.25, 0.3) is 44.1 Å². The van der Waals surface area contributed by atoms with Gasteiger partial charge in [0.15, 0.2) is 31.2 Å². The fourth-order valence-corrected chi connectivity index (χ4v) is 9.57. The van der Waals surface area contributed by atoms with Gasteiger partial charge in [0, 0.05) is 79.1 Å². The number of halogens is 2. The third kappa shape index (κ3) is 10.2. The maximum atomic E-state index is 14.6. The summed E-state index contributed by atoms with van der Waals surface area (Å²) in [6.45, 7) is 6.86. The Morgan fingerprint density at radius 2 is 1.10 bits per heavy atom. The molecule has 0 saturated carbocycles. The number of H-pyrrole nitrogens is 1. The van der Waals surface area contributed by atoms with Gasteiger partial charge >= 0.3 is 0 Å². The van der Waals surface area contributed by atoms with Crippen LogP contribution in [0.15, 0.2) is 126 Å². The number of benzene rings is 4. The molecule has 0 aliphatic heterocycles. The largest absolute Gasteiger partial charge is 0.481 e. The van der Waals surface area contributed by atoms with Gasteiger partial charge in [-0.2, -0.15) is 0 Å². The molecule has 8 rings (SSSR count). The molecule has 8 aromatic rings. The molecule has 0 aliphatic carbocycles. The number of aromatic nitrogens is 4. The first kappa shape index (κ1) is 47.9. The molecule has 0 saturated heterocycles. The number of nitrogens with one attached hydrogen (secondary N) is 1. The number of methoxy groups -OCH3 is 1. The predicted octanol–water partition coefficient (Wildman–Crippen LogP) is 8.93. The van der Waals surface area contributed by atoms with E-state index >= 15 is 0 Å². The number of pyridine rings is 2. The molecule has 0 aliphatic rings. The van der Waals surface area contributed by atoms with E-state index in [1.54, 1.807) is 82.1 Å². The lowest BCUT2D eigenvalue weighted by Crippen LogP contribution is -2.22. The highest BCUT2D eigenvalue weighted by Crippen LogP contribution is 2.41. The third-order valence-corrected chi connectivity index (χ3v) is 14.6. The van der Waals surface area contributed by atoms with Crippen LogP contribution in [0, 0.1) is 25.5 Å². The second-order valence-corrected chi connectivity index (χ2v) is 20.7. The Bertz CT molecular complexity index is 3490. The van der Waals surface area contributed by atoms with E-state index in [2.05, 4.69) is 9.97 Å². The van der Waals surface area contributed by atoms with Gasteiger partial charge in [-0.3, -0.25) is 14.4 Å². The number of carbonyl (C=O) groups excluding carboxylic acids is 2. The maximum Gasteiger partial charge on any atom is 0.255 e. The lowest BCUT2D eigenvalue weighted by atomic mass is 10.0. The minimum atomic E-state index is -3.64. The van der Waals surface area contributed by atoms with Crippen LogP contribution in [0.1, 0.15) is 57.1 Å². The first-order valence-corrected chi connectivity index (χ1v) is 25.0. The molecule has 0 amide bonds. The Balaban J connectivity index is 0.000000199. The fourth-order valence-electron chi connectivity index (χ4n) is 8.09. The highest BCUT2D eigenvalue weighted by molar-refractivity contribution is 7.92. The molecule has 4 heterocycles. The number of sulfone groups is 2. The molecule has 0 radical (unpaired) electrons. The molecule has 0 bridgehead atoms. The van der Waals surface area contributed by atoms with Crippen LogP contribution in [0.3, 0.4) is 0 Å². The van der Waals surface area contributed by atoms with Gasteiger partial charge in [-0.25, -0.2) is 30.6 Å². The molecule has 346 valence electrons. The van der Waals surface area contributed by atoms with Crippen molar-refractivity contribution in [1.29, 1.82) is 0 Å². The van der Waals surface area contributed by atoms with E-state index in [9.17, 15) is 40.0 Å². The smallest absolute Gasteiger partial charge is 0.255 e. The van der Waals surface area contributed by atoms with Gasteiger partial charge in [0.25, 0.3) is 5.56 Å². The number of ketones is 2. The lowest BCUT2D eigenvalue weighted by molar-refractivity contribution is 0.100. The summed E-state index contributed by atoms with van der Waals surface area (Å²) in [4.78, 5) is 46.7. The SMILES string of the molecule is CCS(=O)(=O)CC(=O)c1c(-c2ccc[nH]c2=O)c2cc(C)ccc2n1Cc1ccccc1F.CCS(=O)(=O)CC(=O)c1c(-c2cccnc2OC)c2cc(C)ccc2n1Cc1ccccc1F. The topological polar surface area (TPSA) is 167 Å². The zero-order chi connectivity index (χ0) is 48.2. The van der Waals surface area contributed by atoms with Crippen LogP contribution >= 0.6 is 0 Å². The molecule has 0 atom stereocenters. The van der Waals surface area contributed by atoms with Gasteiger partial charge in [-0.05, 0) is 74.5 Å². The van der Waals surface area contributed by atoms with Crippen LogP contribution in [0.5, 0.6) is 5.88 Å². The average Bonchev–Trinajstić information content (AvgIpc) is 3.79. The first-order valence-electron chi connectivity index (χ1n) is 21.3. The standard InChI is InChI=1S/C26H25FN2O4S.C25H23FN2O4S/c1-4-34(31,32)16-23(30)25-24(19-9-7-13-28-26(19)33-3)20-14-17(2)11-12-22(20)29(25)15-18-8-5-6-10-21(18)27;1-3-33(31,32)15-22(29)24-23(18-8-6-12-27-25(18)30)19-13-16(2)10-11-21(19)28(24)14-17-7-4-5-9-20(17)26/h5-14H,4,15-16H2,1-3H3;4-13H,3,14-15H2,1-2H3,(H,27,30). The van der Waals surface area contributed by atoms with Crippen molar-refractivity contribution in [1.82, 2.24) is 19.1 Å². The number of fused-ring (bicyclic) bond motifs is 2. The van der Waals surface area contributed by atoms with Gasteiger partial charge in [0.05, 0.1) is 31.6 Å². The molecule has 0 fully saturated rings. The summed E-state index contributed by atoms with van der Waals surface area (Å²) in [5, 5.41) is 1.36. The minimum absolute atomic E-state index is 0.00419. The summed E-state index contributed by atoms with van der Waals surface area (Å²) < 4.78 is 87.5. The monoisotopic (exact) mass is 946 g/mol. The van der Waals surface area contributed by atoms with E-state index in [4.69, 9.17) is 4.74 Å². The number of hydrogen-bond donors (Lipinski definition) is 1. The minimum Gasteiger partial charge on any atom is -0.481 e. The van der Waals surface area contributed by atoms with Gasteiger partial charge < -0.3 is 18.9 Å². The Kier molecular flexibility index (Phi) is 14.2. The highest BCUT2D eigenvalue weighted by Gasteiger charge is 2.30. The van der Waals surface area contributed by atoms with Crippen molar-refractivity contribution in [2.24, 2.45) is 0 Å². The molecule has 67 heavy (non-hydrogen) atoms. The second kappa shape index (κ2) is 19.8. The van der Waals surface area contributed by atoms with E-state index in [1.165, 1.54) is 39.3 Å². The Morgan fingerprint density at radius 3 is 1.55 bits per heavy atom. The quantitative estimate of drug-likeness (QED) is 0.0988. The summed E-state index contributed by atoms with van der Waals surface area (Å²) in [5.41, 5.74) is 5.43. The first-order chi connectivity index (χ1) is 32.0. The average molecular weight is 947 g/mol. The number of ether oxygens (including phenoxy) is 1. The number of aromatic amines is 1. The molecule has 0 unspecified atom stereocenters. The third-order valence-electron chi connectivity index (χ3n) is 11.4. The van der Waals surface area contributed by atoms with Crippen LogP contribution in [-0.2, 0) is 32.8 Å². The Hall–Kier alpha value is -7.04. The Morgan fingerprint density at radius 1 is 0.642 bits per heavy atom. The molecule has 4 aromatic carbocycles. The van der Waals surface area contributed by atoms with Crippen molar-refractivity contribution < 1.29 is 39.9 Å². The van der Waals surface area contributed by atoms with Gasteiger partial charge in [0.2, 0.25) is 5.88 Å². The molecule has 16 heteroatoms. The molecule has 0 spiro atoms. The van der Waals surface area contributed by atoms with Crippen LogP contribution in [0.2, 0.25) is 0 Å². The van der Waals surface area contributed by atoms with E-state index < -0.39 is 59.9 Å². The van der Waals surface area contributed by atoms with Crippen molar-refractivity contribution in [3.63, 3.8) is 0 Å². The number of carbonyl (C=O) groups is 2. The zero-order valence-electron chi connectivity index (χ0n) is 37.5. The van der Waals surface area contributed by atoms with E-state index in [-0.39, 0.29) is 41.5 Å². The van der Waals surface area contributed by atoms with Crippen LogP contribution < -0.4 is 10.3 Å². The van der Waals surface area contributed by atoms with Gasteiger partial charge in [0.1, 0.15) is 23.1 Å². The summed E-state index contributed by atoms with van der Waals surface area (Å²) in [7, 11) is -5.77. The molecular weight excluding hydrogens is 899 g/mol. The van der Waals surface area contributed by atoms with Crippen molar-refractivity contribution in [3.05, 3.63) is 177 Å². The zero-order valence-corrected chi connectivity index (χ0v) is 39.1. The van der Waals surface area contributed by atoms with Crippen LogP contribution in [0.4, 0.5) is 8.78 Å². The molecule has 12 nitrogen and oxygen atoms in total. The Labute approximate surface area is 386 Å². The van der Waals surface area contributed by atoms with Gasteiger partial charge in [-0.15, -0.1) is 0 Å². The number of hydrogen-bond acceptors (Lipinski definition) is 9. The predicted molar refractivity (Wildman–Crippen MR) is 258 cm³/mol. The van der Waals surface area contributed by atoms with E-state index in [0.717, 1.165) is 16.5 Å². The van der Waals surface area contributed by atoms with E-state index in [0.29, 0.717) is 50.1 Å². The van der Waals surface area contributed by atoms with Crippen molar-refractivity contribution in [2.75, 3.05) is 30.1 Å². The van der Waals surface area contributed by atoms with Crippen molar-refractivity contribution >= 4 is 53.0 Å². The van der Waals surface area contributed by atoms with Crippen LogP contribution in [-0.4, -0.2) is 77.6 Å². The number of aryl methyl sites for hydroxylation is 2. The number of rotatable bonds is 15. The molecule has 4 aromatic heterocycles. The maximum absolute atomic E-state index is 14.6. The molecule has 1 N–H and O–H groups in total. The fraction of sp³-hybridized carbons (Fsp3) is 0.216. The van der Waals surface area contributed by atoms with Crippen molar-refractivity contribution in [3.8, 4) is 28.1 Å². The number of nitrogens with zero attached hydrogens (tertiary/aromatic N) is 3.